The number of aromatic carboxylic acids is 1. The second-order valence-corrected chi connectivity index (χ2v) is 13.5. The highest BCUT2D eigenvalue weighted by atomic mass is 32.1. The Morgan fingerprint density at radius 2 is 1.41 bits per heavy atom. The van der Waals surface area contributed by atoms with Gasteiger partial charge in [0.15, 0.2) is 0 Å². The fraction of sp³-hybridized carbons (Fsp3) is 0.128. The van der Waals surface area contributed by atoms with Crippen molar-refractivity contribution < 1.29 is 27.9 Å². The summed E-state index contributed by atoms with van der Waals surface area (Å²) in [6.07, 6.45) is 9.98. The molecule has 4 N–H and O–H groups in total. The number of halogens is 3. The number of rotatable bonds is 9. The molecule has 8 heterocycles. The zero-order valence-electron chi connectivity index (χ0n) is 29.3. The number of hydrogen-bond acceptors (Lipinski definition) is 11. The summed E-state index contributed by atoms with van der Waals surface area (Å²) in [5.41, 5.74) is 10.7. The Morgan fingerprint density at radius 3 is 1.91 bits per heavy atom. The average Bonchev–Trinajstić information content (AvgIpc) is 4.04. The van der Waals surface area contributed by atoms with E-state index in [2.05, 4.69) is 40.6 Å². The van der Waals surface area contributed by atoms with Crippen molar-refractivity contribution in [1.29, 1.82) is 0 Å². The Kier molecular flexibility index (Phi) is 12.8. The Balaban J connectivity index is 0.000000154. The zero-order valence-corrected chi connectivity index (χ0v) is 30.9. The van der Waals surface area contributed by atoms with Crippen LogP contribution < -0.4 is 11.1 Å². The Morgan fingerprint density at radius 1 is 0.786 bits per heavy atom. The van der Waals surface area contributed by atoms with Gasteiger partial charge in [0.2, 0.25) is 0 Å². The van der Waals surface area contributed by atoms with Crippen molar-refractivity contribution in [2.45, 2.75) is 25.7 Å². The minimum Gasteiger partial charge on any atom is -0.477 e. The molecule has 0 aliphatic heterocycles. The number of imidazole rings is 1. The van der Waals surface area contributed by atoms with Gasteiger partial charge in [-0.3, -0.25) is 19.7 Å². The lowest BCUT2D eigenvalue weighted by molar-refractivity contribution is -0.141. The predicted molar refractivity (Wildman–Crippen MR) is 209 cm³/mol. The van der Waals surface area contributed by atoms with Gasteiger partial charge in [0.05, 0.1) is 17.4 Å². The molecule has 17 heteroatoms. The molecule has 0 saturated heterocycles. The molecule has 0 unspecified atom stereocenters. The molecule has 12 nitrogen and oxygen atoms in total. The molecule has 0 bridgehead atoms. The van der Waals surface area contributed by atoms with E-state index in [4.69, 9.17) is 10.8 Å². The second-order valence-electron chi connectivity index (χ2n) is 11.9. The van der Waals surface area contributed by atoms with Crippen LogP contribution in [0.25, 0.3) is 44.1 Å². The van der Waals surface area contributed by atoms with Crippen LogP contribution >= 0.6 is 22.7 Å². The molecule has 284 valence electrons. The molecule has 8 rings (SSSR count). The van der Waals surface area contributed by atoms with Gasteiger partial charge in [0.1, 0.15) is 17.1 Å². The molecule has 8 aromatic rings. The van der Waals surface area contributed by atoms with E-state index >= 15 is 0 Å². The van der Waals surface area contributed by atoms with Gasteiger partial charge in [-0.15, -0.1) is 0 Å². The second kappa shape index (κ2) is 18.3. The smallest absolute Gasteiger partial charge is 0.433 e. The lowest BCUT2D eigenvalue weighted by Crippen LogP contribution is -2.26. The van der Waals surface area contributed by atoms with Crippen molar-refractivity contribution >= 4 is 56.4 Å². The van der Waals surface area contributed by atoms with Gasteiger partial charge in [0.25, 0.3) is 5.91 Å². The van der Waals surface area contributed by atoms with Crippen LogP contribution in [-0.4, -0.2) is 58.0 Å². The summed E-state index contributed by atoms with van der Waals surface area (Å²) < 4.78 is 37.8. The lowest BCUT2D eigenvalue weighted by atomic mass is 10.1. The van der Waals surface area contributed by atoms with Crippen molar-refractivity contribution in [3.8, 4) is 22.3 Å². The number of nitrogens with two attached hydrogens (primary N) is 1. The molecule has 0 radical (unpaired) electrons. The number of nitrogens with zero attached hydrogens (tertiary/aromatic N) is 7. The molecule has 8 aromatic heterocycles. The number of thiophene rings is 2. The van der Waals surface area contributed by atoms with E-state index in [1.165, 1.54) is 12.1 Å². The summed E-state index contributed by atoms with van der Waals surface area (Å²) in [5, 5.41) is 21.7. The standard InChI is InChI=1S/C19H17N5OS.C13H8N2O2S.C7H7F3N2/c25-19(22-5-1-7-24-8-6-20-13-24)17-3-2-14-10-21-11-16(18(14)23-17)15-4-9-26-12-15;16-13(17)11-2-1-8-5-14-6-10(12(8)15-11)9-3-4-18-7-9;8-7(9,10)6-2-1-5(3-11)4-12-6/h2-4,6,8-13H,1,5,7H2,(H,22,25);1-7H,(H,16,17);1-2,4H,3,11H2. The number of carbonyl (C=O) groups is 2. The maximum Gasteiger partial charge on any atom is 0.433 e. The third-order valence-corrected chi connectivity index (χ3v) is 9.47. The van der Waals surface area contributed by atoms with Crippen LogP contribution in [0.4, 0.5) is 13.2 Å². The minimum absolute atomic E-state index is 0.0465. The molecule has 1 amide bonds. The maximum absolute atomic E-state index is 12.4. The molecule has 0 aromatic carbocycles. The van der Waals surface area contributed by atoms with Crippen LogP contribution in [0, 0.1) is 0 Å². The summed E-state index contributed by atoms with van der Waals surface area (Å²) in [5.74, 6) is -1.18. The number of carboxylic acid groups (broad SMARTS) is 1. The highest BCUT2D eigenvalue weighted by Gasteiger charge is 2.31. The number of aryl methyl sites for hydroxylation is 1. The van der Waals surface area contributed by atoms with Crippen molar-refractivity contribution in [2.75, 3.05) is 6.54 Å². The molecule has 0 atom stereocenters. The summed E-state index contributed by atoms with van der Waals surface area (Å²) in [6, 6.07) is 13.1. The first-order valence-electron chi connectivity index (χ1n) is 16.8. The highest BCUT2D eigenvalue weighted by molar-refractivity contribution is 7.08. The third kappa shape index (κ3) is 10.0. The van der Waals surface area contributed by atoms with Gasteiger partial charge in [-0.1, -0.05) is 6.07 Å². The SMILES string of the molecule is NCc1ccc(C(F)(F)F)nc1.O=C(NCCCn1ccnc1)c1ccc2cncc(-c3ccsc3)c2n1.O=C(O)c1ccc2cncc(-c3ccsc3)c2n1. The number of hydrogen-bond donors (Lipinski definition) is 3. The molecular formula is C39H32F3N9O3S2. The van der Waals surface area contributed by atoms with E-state index in [-0.39, 0.29) is 18.1 Å². The Hall–Kier alpha value is -6.43. The van der Waals surface area contributed by atoms with E-state index in [0.717, 1.165) is 63.8 Å². The van der Waals surface area contributed by atoms with E-state index in [9.17, 15) is 22.8 Å². The van der Waals surface area contributed by atoms with Gasteiger partial charge in [-0.25, -0.2) is 19.7 Å². The van der Waals surface area contributed by atoms with Crippen molar-refractivity contribution in [1.82, 2.24) is 39.8 Å². The molecule has 0 aliphatic carbocycles. The van der Waals surface area contributed by atoms with Gasteiger partial charge in [-0.05, 0) is 87.1 Å². The van der Waals surface area contributed by atoms with E-state index < -0.39 is 17.8 Å². The summed E-state index contributed by atoms with van der Waals surface area (Å²) >= 11 is 3.21. The fourth-order valence-electron chi connectivity index (χ4n) is 5.28. The number of carbonyl (C=O) groups excluding carboxylic acids is 1. The minimum atomic E-state index is -4.37. The van der Waals surface area contributed by atoms with Crippen LogP contribution in [0.1, 0.15) is 38.7 Å². The lowest BCUT2D eigenvalue weighted by Gasteiger charge is -2.08. The van der Waals surface area contributed by atoms with Gasteiger partial charge in [-0.2, -0.15) is 35.8 Å². The first kappa shape index (κ1) is 39.3. The number of alkyl halides is 3. The first-order chi connectivity index (χ1) is 27.1. The van der Waals surface area contributed by atoms with Crippen LogP contribution in [0.15, 0.2) is 120 Å². The normalized spacial score (nSPS) is 11.0. The van der Waals surface area contributed by atoms with Crippen molar-refractivity contribution in [2.24, 2.45) is 5.73 Å². The van der Waals surface area contributed by atoms with E-state index in [1.807, 2.05) is 45.1 Å². The summed E-state index contributed by atoms with van der Waals surface area (Å²) in [4.78, 5) is 47.9. The zero-order chi connectivity index (χ0) is 39.5. The molecule has 0 aliphatic rings. The number of amides is 1. The average molecular weight is 796 g/mol. The maximum atomic E-state index is 12.4. The van der Waals surface area contributed by atoms with Crippen molar-refractivity contribution in [3.05, 3.63) is 142 Å². The van der Waals surface area contributed by atoms with E-state index in [1.54, 1.807) is 72.1 Å². The molecule has 56 heavy (non-hydrogen) atoms. The number of carboxylic acids is 1. The quantitative estimate of drug-likeness (QED) is 0.122. The van der Waals surface area contributed by atoms with Crippen LogP contribution in [0.2, 0.25) is 0 Å². The Bertz CT molecular complexity index is 2510. The van der Waals surface area contributed by atoms with Gasteiger partial charge < -0.3 is 20.7 Å². The molecule has 0 saturated carbocycles. The van der Waals surface area contributed by atoms with Crippen molar-refractivity contribution in [3.63, 3.8) is 0 Å². The number of nitrogens with one attached hydrogen (secondary N) is 1. The number of aromatic nitrogens is 7. The monoisotopic (exact) mass is 795 g/mol. The first-order valence-corrected chi connectivity index (χ1v) is 18.7. The molecular weight excluding hydrogens is 764 g/mol. The van der Waals surface area contributed by atoms with Gasteiger partial charge in [0, 0.05) is 84.9 Å². The fourth-order valence-corrected chi connectivity index (χ4v) is 6.59. The summed E-state index contributed by atoms with van der Waals surface area (Å²) in [7, 11) is 0. The van der Waals surface area contributed by atoms with Crippen LogP contribution in [0.5, 0.6) is 0 Å². The molecule has 0 spiro atoms. The Labute approximate surface area is 325 Å². The van der Waals surface area contributed by atoms with Crippen LogP contribution in [0.3, 0.4) is 0 Å². The van der Waals surface area contributed by atoms with E-state index in [0.29, 0.717) is 23.3 Å². The number of pyridine rings is 5. The van der Waals surface area contributed by atoms with Gasteiger partial charge >= 0.3 is 12.1 Å². The number of fused-ring (bicyclic) bond motifs is 2. The predicted octanol–water partition coefficient (Wildman–Crippen LogP) is 7.99. The van der Waals surface area contributed by atoms with Crippen LogP contribution in [-0.2, 0) is 19.3 Å². The largest absolute Gasteiger partial charge is 0.477 e. The third-order valence-electron chi connectivity index (χ3n) is 8.10. The topological polar surface area (TPSA) is 175 Å². The molecule has 0 fully saturated rings. The summed E-state index contributed by atoms with van der Waals surface area (Å²) in [6.45, 7) is 1.61. The highest BCUT2D eigenvalue weighted by Crippen LogP contribution is 2.30.